The molecule has 1 saturated heterocycles. The highest BCUT2D eigenvalue weighted by atomic mass is 32.1. The summed E-state index contributed by atoms with van der Waals surface area (Å²) in [6.45, 7) is 5.98. The summed E-state index contributed by atoms with van der Waals surface area (Å²) in [5.74, 6) is 5.64. The molecule has 0 aliphatic carbocycles. The van der Waals surface area contributed by atoms with Crippen molar-refractivity contribution in [1.82, 2.24) is 15.3 Å². The fourth-order valence-corrected chi connectivity index (χ4v) is 2.78. The number of hydrazine groups is 1. The van der Waals surface area contributed by atoms with E-state index in [1.807, 2.05) is 11.6 Å². The second-order valence-electron chi connectivity index (χ2n) is 4.21. The SMILES string of the molecule is CCN1CCOC(C(Cc2nccs2)NN)C1. The average molecular weight is 256 g/mol. The smallest absolute Gasteiger partial charge is 0.0941 e. The van der Waals surface area contributed by atoms with Gasteiger partial charge in [0.25, 0.3) is 0 Å². The van der Waals surface area contributed by atoms with E-state index in [2.05, 4.69) is 22.2 Å². The molecule has 2 rings (SSSR count). The average Bonchev–Trinajstić information content (AvgIpc) is 2.89. The molecule has 2 atom stereocenters. The Morgan fingerprint density at radius 1 is 1.76 bits per heavy atom. The van der Waals surface area contributed by atoms with E-state index in [4.69, 9.17) is 10.6 Å². The summed E-state index contributed by atoms with van der Waals surface area (Å²) in [4.78, 5) is 6.68. The predicted molar refractivity (Wildman–Crippen MR) is 68.8 cm³/mol. The van der Waals surface area contributed by atoms with Crippen molar-refractivity contribution < 1.29 is 4.74 Å². The van der Waals surface area contributed by atoms with Crippen molar-refractivity contribution in [1.29, 1.82) is 0 Å². The molecule has 6 heteroatoms. The first-order valence-electron chi connectivity index (χ1n) is 6.02. The molecular formula is C11H20N4OS. The Bertz CT molecular complexity index is 319. The maximum absolute atomic E-state index is 5.80. The molecule has 0 bridgehead atoms. The van der Waals surface area contributed by atoms with Gasteiger partial charge in [-0.3, -0.25) is 16.2 Å². The highest BCUT2D eigenvalue weighted by Crippen LogP contribution is 2.14. The number of morpholine rings is 1. The van der Waals surface area contributed by atoms with Crippen LogP contribution in [0.2, 0.25) is 0 Å². The van der Waals surface area contributed by atoms with Gasteiger partial charge in [-0.1, -0.05) is 6.92 Å². The fraction of sp³-hybridized carbons (Fsp3) is 0.727. The van der Waals surface area contributed by atoms with E-state index < -0.39 is 0 Å². The Balaban J connectivity index is 1.93. The van der Waals surface area contributed by atoms with Crippen LogP contribution in [0.4, 0.5) is 0 Å². The zero-order valence-electron chi connectivity index (χ0n) is 10.1. The fourth-order valence-electron chi connectivity index (χ4n) is 2.10. The summed E-state index contributed by atoms with van der Waals surface area (Å²) in [6.07, 6.45) is 2.81. The normalized spacial score (nSPS) is 23.8. The number of ether oxygens (including phenoxy) is 1. The van der Waals surface area contributed by atoms with Crippen LogP contribution >= 0.6 is 11.3 Å². The van der Waals surface area contributed by atoms with Gasteiger partial charge in [-0.2, -0.15) is 0 Å². The molecule has 0 spiro atoms. The highest BCUT2D eigenvalue weighted by Gasteiger charge is 2.27. The van der Waals surface area contributed by atoms with Crippen LogP contribution in [0.1, 0.15) is 11.9 Å². The molecule has 1 aromatic rings. The molecule has 2 unspecified atom stereocenters. The zero-order chi connectivity index (χ0) is 12.1. The zero-order valence-corrected chi connectivity index (χ0v) is 10.9. The van der Waals surface area contributed by atoms with Crippen molar-refractivity contribution in [2.75, 3.05) is 26.2 Å². The van der Waals surface area contributed by atoms with Gasteiger partial charge in [0.2, 0.25) is 0 Å². The van der Waals surface area contributed by atoms with Crippen LogP contribution in [0.25, 0.3) is 0 Å². The number of likely N-dealkylation sites (N-methyl/N-ethyl adjacent to an activating group) is 1. The van der Waals surface area contributed by atoms with Crippen LogP contribution < -0.4 is 11.3 Å². The van der Waals surface area contributed by atoms with Crippen LogP contribution in [0.3, 0.4) is 0 Å². The lowest BCUT2D eigenvalue weighted by Crippen LogP contribution is -2.54. The van der Waals surface area contributed by atoms with Gasteiger partial charge in [-0.25, -0.2) is 4.98 Å². The predicted octanol–water partition coefficient (Wildman–Crippen LogP) is 0.238. The first kappa shape index (κ1) is 12.9. The standard InChI is InChI=1S/C11H20N4OS/c1-2-15-4-5-16-10(8-15)9(14-12)7-11-13-3-6-17-11/h3,6,9-10,14H,2,4-5,7-8,12H2,1H3. The number of hydrogen-bond donors (Lipinski definition) is 2. The van der Waals surface area contributed by atoms with E-state index in [0.29, 0.717) is 0 Å². The Kier molecular flexibility index (Phi) is 4.87. The summed E-state index contributed by atoms with van der Waals surface area (Å²) < 4.78 is 5.80. The Hall–Kier alpha value is -0.530. The molecule has 0 amide bonds. The van der Waals surface area contributed by atoms with Crippen molar-refractivity contribution in [3.8, 4) is 0 Å². The van der Waals surface area contributed by atoms with Crippen molar-refractivity contribution >= 4 is 11.3 Å². The minimum absolute atomic E-state index is 0.135. The molecule has 0 saturated carbocycles. The van der Waals surface area contributed by atoms with Crippen molar-refractivity contribution in [2.24, 2.45) is 5.84 Å². The second kappa shape index (κ2) is 6.42. The van der Waals surface area contributed by atoms with Gasteiger partial charge in [0.15, 0.2) is 0 Å². The maximum Gasteiger partial charge on any atom is 0.0941 e. The Morgan fingerprint density at radius 3 is 3.29 bits per heavy atom. The molecule has 17 heavy (non-hydrogen) atoms. The van der Waals surface area contributed by atoms with Gasteiger partial charge >= 0.3 is 0 Å². The summed E-state index contributed by atoms with van der Waals surface area (Å²) in [7, 11) is 0. The molecular weight excluding hydrogens is 236 g/mol. The Labute approximate surface area is 106 Å². The lowest BCUT2D eigenvalue weighted by molar-refractivity contribution is -0.0448. The minimum atomic E-state index is 0.135. The number of nitrogens with zero attached hydrogens (tertiary/aromatic N) is 2. The first-order valence-corrected chi connectivity index (χ1v) is 6.90. The van der Waals surface area contributed by atoms with Gasteiger partial charge in [0.05, 0.1) is 23.8 Å². The molecule has 1 fully saturated rings. The molecule has 1 aliphatic rings. The topological polar surface area (TPSA) is 63.4 Å². The molecule has 3 N–H and O–H groups in total. The quantitative estimate of drug-likeness (QED) is 0.583. The maximum atomic E-state index is 5.80. The summed E-state index contributed by atoms with van der Waals surface area (Å²) in [5.41, 5.74) is 2.87. The van der Waals surface area contributed by atoms with E-state index in [0.717, 1.165) is 37.7 Å². The van der Waals surface area contributed by atoms with Crippen LogP contribution in [0.15, 0.2) is 11.6 Å². The number of nitrogens with two attached hydrogens (primary N) is 1. The van der Waals surface area contributed by atoms with Gasteiger partial charge in [0.1, 0.15) is 0 Å². The lowest BCUT2D eigenvalue weighted by Gasteiger charge is -2.36. The van der Waals surface area contributed by atoms with Crippen molar-refractivity contribution in [3.63, 3.8) is 0 Å². The number of thiazole rings is 1. The minimum Gasteiger partial charge on any atom is -0.374 e. The van der Waals surface area contributed by atoms with E-state index in [1.54, 1.807) is 11.3 Å². The number of rotatable bonds is 5. The summed E-state index contributed by atoms with van der Waals surface area (Å²) in [6, 6.07) is 0.135. The van der Waals surface area contributed by atoms with Gasteiger partial charge in [0, 0.05) is 31.1 Å². The second-order valence-corrected chi connectivity index (χ2v) is 5.18. The molecule has 96 valence electrons. The third-order valence-corrected chi connectivity index (χ3v) is 3.97. The molecule has 0 radical (unpaired) electrons. The number of aromatic nitrogens is 1. The largest absolute Gasteiger partial charge is 0.374 e. The van der Waals surface area contributed by atoms with Crippen LogP contribution in [0.5, 0.6) is 0 Å². The number of hydrogen-bond acceptors (Lipinski definition) is 6. The first-order chi connectivity index (χ1) is 8.33. The van der Waals surface area contributed by atoms with Crippen LogP contribution in [-0.4, -0.2) is 48.3 Å². The van der Waals surface area contributed by atoms with Gasteiger partial charge in [-0.05, 0) is 6.54 Å². The van der Waals surface area contributed by atoms with Crippen LogP contribution in [0, 0.1) is 0 Å². The van der Waals surface area contributed by atoms with Crippen molar-refractivity contribution in [2.45, 2.75) is 25.5 Å². The van der Waals surface area contributed by atoms with Gasteiger partial charge in [-0.15, -0.1) is 11.3 Å². The highest BCUT2D eigenvalue weighted by molar-refractivity contribution is 7.09. The summed E-state index contributed by atoms with van der Waals surface area (Å²) >= 11 is 1.66. The van der Waals surface area contributed by atoms with E-state index in [9.17, 15) is 0 Å². The Morgan fingerprint density at radius 2 is 2.65 bits per heavy atom. The van der Waals surface area contributed by atoms with Gasteiger partial charge < -0.3 is 4.74 Å². The summed E-state index contributed by atoms with van der Waals surface area (Å²) in [5, 5.41) is 3.09. The van der Waals surface area contributed by atoms with E-state index >= 15 is 0 Å². The van der Waals surface area contributed by atoms with Crippen LogP contribution in [-0.2, 0) is 11.2 Å². The monoisotopic (exact) mass is 256 g/mol. The molecule has 0 aromatic carbocycles. The molecule has 1 aromatic heterocycles. The molecule has 5 nitrogen and oxygen atoms in total. The third-order valence-electron chi connectivity index (χ3n) is 3.17. The van der Waals surface area contributed by atoms with Crippen molar-refractivity contribution in [3.05, 3.63) is 16.6 Å². The third kappa shape index (κ3) is 3.46. The lowest BCUT2D eigenvalue weighted by atomic mass is 10.1. The van der Waals surface area contributed by atoms with E-state index in [1.165, 1.54) is 0 Å². The number of nitrogens with one attached hydrogen (secondary N) is 1. The van der Waals surface area contributed by atoms with E-state index in [-0.39, 0.29) is 12.1 Å². The molecule has 2 heterocycles. The molecule has 1 aliphatic heterocycles.